The summed E-state index contributed by atoms with van der Waals surface area (Å²) < 4.78 is 0. The first-order chi connectivity index (χ1) is 10.6. The molecule has 0 aromatic heterocycles. The molecule has 0 spiro atoms. The first-order valence-electron chi connectivity index (χ1n) is 8.20. The fraction of sp³-hybridized carbons (Fsp3) is 0.400. The van der Waals surface area contributed by atoms with Crippen LogP contribution in [0.5, 0.6) is 0 Å². The zero-order valence-corrected chi connectivity index (χ0v) is 12.7. The van der Waals surface area contributed by atoms with Crippen molar-refractivity contribution in [1.82, 2.24) is 0 Å². The van der Waals surface area contributed by atoms with Crippen LogP contribution in [0.2, 0.25) is 0 Å². The van der Waals surface area contributed by atoms with E-state index >= 15 is 0 Å². The molecule has 2 aliphatic rings. The van der Waals surface area contributed by atoms with E-state index in [1.807, 2.05) is 60.7 Å². The van der Waals surface area contributed by atoms with Crippen molar-refractivity contribution in [1.29, 1.82) is 0 Å². The van der Waals surface area contributed by atoms with Crippen LogP contribution in [0, 0.1) is 11.8 Å². The smallest absolute Gasteiger partial charge is 0.0928 e. The number of benzene rings is 2. The molecule has 2 saturated carbocycles. The van der Waals surface area contributed by atoms with E-state index in [0.29, 0.717) is 0 Å². The van der Waals surface area contributed by atoms with Crippen LogP contribution >= 0.6 is 0 Å². The van der Waals surface area contributed by atoms with Gasteiger partial charge in [-0.1, -0.05) is 60.7 Å². The third-order valence-corrected chi connectivity index (χ3v) is 5.93. The second kappa shape index (κ2) is 4.94. The van der Waals surface area contributed by atoms with E-state index in [-0.39, 0.29) is 11.8 Å². The minimum atomic E-state index is -0.787. The standard InChI is InChI=1S/C20H22O2/c21-19(15-7-3-1-4-8-15)13-11-18-17(19)12-14-20(18,22)16-9-5-2-6-10-16/h1-10,17-18,21-22H,11-14H2/t17-,18-,19-,20+/m0/s1. The van der Waals surface area contributed by atoms with Crippen molar-refractivity contribution in [3.63, 3.8) is 0 Å². The molecule has 0 aliphatic heterocycles. The highest BCUT2D eigenvalue weighted by Crippen LogP contribution is 2.60. The first-order valence-corrected chi connectivity index (χ1v) is 8.20. The number of hydrogen-bond acceptors (Lipinski definition) is 2. The van der Waals surface area contributed by atoms with E-state index in [9.17, 15) is 10.2 Å². The number of hydrogen-bond donors (Lipinski definition) is 2. The summed E-state index contributed by atoms with van der Waals surface area (Å²) in [6.07, 6.45) is 3.23. The molecule has 0 heterocycles. The Morgan fingerprint density at radius 3 is 1.36 bits per heavy atom. The van der Waals surface area contributed by atoms with Crippen molar-refractivity contribution in [2.45, 2.75) is 36.9 Å². The van der Waals surface area contributed by atoms with Gasteiger partial charge in [0.2, 0.25) is 0 Å². The molecule has 2 aliphatic carbocycles. The van der Waals surface area contributed by atoms with Gasteiger partial charge in [0, 0.05) is 0 Å². The summed E-state index contributed by atoms with van der Waals surface area (Å²) >= 11 is 0. The lowest BCUT2D eigenvalue weighted by Crippen LogP contribution is -2.35. The third-order valence-electron chi connectivity index (χ3n) is 5.93. The average Bonchev–Trinajstić information content (AvgIpc) is 3.10. The van der Waals surface area contributed by atoms with Gasteiger partial charge in [0.15, 0.2) is 0 Å². The quantitative estimate of drug-likeness (QED) is 0.888. The van der Waals surface area contributed by atoms with Crippen molar-refractivity contribution in [2.75, 3.05) is 0 Å². The molecule has 0 radical (unpaired) electrons. The van der Waals surface area contributed by atoms with Crippen LogP contribution in [-0.4, -0.2) is 10.2 Å². The Kier molecular flexibility index (Phi) is 3.14. The third kappa shape index (κ3) is 1.87. The molecule has 114 valence electrons. The van der Waals surface area contributed by atoms with Crippen molar-refractivity contribution in [3.8, 4) is 0 Å². The summed E-state index contributed by atoms with van der Waals surface area (Å²) in [5, 5.41) is 22.6. The van der Waals surface area contributed by atoms with Gasteiger partial charge in [0.05, 0.1) is 11.2 Å². The lowest BCUT2D eigenvalue weighted by molar-refractivity contribution is -0.0357. The van der Waals surface area contributed by atoms with Gasteiger partial charge in [0.1, 0.15) is 0 Å². The summed E-state index contributed by atoms with van der Waals surface area (Å²) in [6.45, 7) is 0. The molecular weight excluding hydrogens is 272 g/mol. The zero-order chi connectivity index (χ0) is 15.2. The van der Waals surface area contributed by atoms with Crippen LogP contribution < -0.4 is 0 Å². The van der Waals surface area contributed by atoms with Crippen molar-refractivity contribution >= 4 is 0 Å². The van der Waals surface area contributed by atoms with Gasteiger partial charge < -0.3 is 10.2 Å². The van der Waals surface area contributed by atoms with Gasteiger partial charge in [-0.2, -0.15) is 0 Å². The first kappa shape index (κ1) is 14.0. The normalized spacial score (nSPS) is 37.2. The van der Waals surface area contributed by atoms with E-state index in [1.54, 1.807) is 0 Å². The van der Waals surface area contributed by atoms with Crippen LogP contribution in [-0.2, 0) is 11.2 Å². The Morgan fingerprint density at radius 1 is 0.636 bits per heavy atom. The number of fused-ring (bicyclic) bond motifs is 1. The molecule has 2 N–H and O–H groups in total. The highest BCUT2D eigenvalue weighted by Gasteiger charge is 2.59. The van der Waals surface area contributed by atoms with Crippen LogP contribution in [0.25, 0.3) is 0 Å². The molecule has 4 rings (SSSR count). The number of rotatable bonds is 2. The SMILES string of the molecule is O[C@@]1(c2ccccc2)CC[C@H]2[C@@H]1CC[C@]2(O)c1ccccc1. The van der Waals surface area contributed by atoms with E-state index in [1.165, 1.54) is 0 Å². The summed E-state index contributed by atoms with van der Waals surface area (Å²) in [6, 6.07) is 20.0. The van der Waals surface area contributed by atoms with Crippen LogP contribution in [0.1, 0.15) is 36.8 Å². The van der Waals surface area contributed by atoms with E-state index in [4.69, 9.17) is 0 Å². The predicted molar refractivity (Wildman–Crippen MR) is 86.1 cm³/mol. The fourth-order valence-electron chi connectivity index (χ4n) is 4.84. The maximum absolute atomic E-state index is 11.3. The van der Waals surface area contributed by atoms with E-state index < -0.39 is 11.2 Å². The minimum absolute atomic E-state index is 0.139. The van der Waals surface area contributed by atoms with Gasteiger partial charge >= 0.3 is 0 Å². The largest absolute Gasteiger partial charge is 0.385 e. The van der Waals surface area contributed by atoms with Crippen molar-refractivity contribution in [2.24, 2.45) is 11.8 Å². The molecule has 2 fully saturated rings. The molecule has 2 heteroatoms. The topological polar surface area (TPSA) is 40.5 Å². The molecule has 0 saturated heterocycles. The van der Waals surface area contributed by atoms with Gasteiger partial charge in [-0.05, 0) is 48.6 Å². The molecule has 0 unspecified atom stereocenters. The second-order valence-corrected chi connectivity index (χ2v) is 6.87. The summed E-state index contributed by atoms with van der Waals surface area (Å²) in [5.74, 6) is 0.278. The summed E-state index contributed by atoms with van der Waals surface area (Å²) in [4.78, 5) is 0. The molecule has 0 bridgehead atoms. The molecular formula is C20H22O2. The highest BCUT2D eigenvalue weighted by molar-refractivity contribution is 5.31. The Labute approximate surface area is 131 Å². The summed E-state index contributed by atoms with van der Waals surface area (Å²) in [7, 11) is 0. The van der Waals surface area contributed by atoms with Crippen molar-refractivity contribution in [3.05, 3.63) is 71.8 Å². The maximum atomic E-state index is 11.3. The lowest BCUT2D eigenvalue weighted by Gasteiger charge is -2.33. The molecule has 22 heavy (non-hydrogen) atoms. The number of aliphatic hydroxyl groups is 2. The Hall–Kier alpha value is -1.64. The van der Waals surface area contributed by atoms with Crippen LogP contribution in [0.4, 0.5) is 0 Å². The Bertz CT molecular complexity index is 594. The lowest BCUT2D eigenvalue weighted by atomic mass is 9.78. The predicted octanol–water partition coefficient (Wildman–Crippen LogP) is 3.58. The Morgan fingerprint density at radius 2 is 1.00 bits per heavy atom. The van der Waals surface area contributed by atoms with Crippen LogP contribution in [0.3, 0.4) is 0 Å². The highest BCUT2D eigenvalue weighted by atomic mass is 16.3. The maximum Gasteiger partial charge on any atom is 0.0928 e. The molecule has 2 aromatic carbocycles. The Balaban J connectivity index is 1.70. The second-order valence-electron chi connectivity index (χ2n) is 6.87. The molecule has 2 nitrogen and oxygen atoms in total. The average molecular weight is 294 g/mol. The monoisotopic (exact) mass is 294 g/mol. The van der Waals surface area contributed by atoms with Gasteiger partial charge in [-0.15, -0.1) is 0 Å². The summed E-state index contributed by atoms with van der Waals surface area (Å²) in [5.41, 5.74) is 0.427. The van der Waals surface area contributed by atoms with E-state index in [2.05, 4.69) is 0 Å². The van der Waals surface area contributed by atoms with Gasteiger partial charge in [-0.25, -0.2) is 0 Å². The van der Waals surface area contributed by atoms with Crippen molar-refractivity contribution < 1.29 is 10.2 Å². The minimum Gasteiger partial charge on any atom is -0.385 e. The van der Waals surface area contributed by atoms with E-state index in [0.717, 1.165) is 36.8 Å². The molecule has 0 amide bonds. The van der Waals surface area contributed by atoms with Gasteiger partial charge in [-0.3, -0.25) is 0 Å². The fourth-order valence-corrected chi connectivity index (χ4v) is 4.84. The van der Waals surface area contributed by atoms with Crippen LogP contribution in [0.15, 0.2) is 60.7 Å². The molecule has 4 atom stereocenters. The van der Waals surface area contributed by atoms with Gasteiger partial charge in [0.25, 0.3) is 0 Å². The zero-order valence-electron chi connectivity index (χ0n) is 12.7. The molecule has 2 aromatic rings.